The molecule has 3 aromatic rings. The summed E-state index contributed by atoms with van der Waals surface area (Å²) in [5, 5.41) is 3.70. The van der Waals surface area contributed by atoms with Gasteiger partial charge in [-0.1, -0.05) is 42.1 Å². The first-order valence-corrected chi connectivity index (χ1v) is 13.5. The maximum absolute atomic E-state index is 13.6. The van der Waals surface area contributed by atoms with Crippen LogP contribution in [0.4, 0.5) is 0 Å². The Kier molecular flexibility index (Phi) is 7.12. The highest BCUT2D eigenvalue weighted by molar-refractivity contribution is 7.99. The van der Waals surface area contributed by atoms with Gasteiger partial charge in [-0.05, 0) is 49.7 Å². The number of hydrogen-bond acceptors (Lipinski definition) is 7. The fourth-order valence-electron chi connectivity index (χ4n) is 4.63. The van der Waals surface area contributed by atoms with Crippen molar-refractivity contribution in [3.8, 4) is 0 Å². The summed E-state index contributed by atoms with van der Waals surface area (Å²) in [5.74, 6) is -0.730. The van der Waals surface area contributed by atoms with E-state index in [9.17, 15) is 14.4 Å². The molecule has 1 fully saturated rings. The number of rotatable bonds is 7. The van der Waals surface area contributed by atoms with Gasteiger partial charge in [-0.2, -0.15) is 0 Å². The molecule has 3 heterocycles. The maximum Gasteiger partial charge on any atom is 0.263 e. The zero-order valence-corrected chi connectivity index (χ0v) is 20.5. The van der Waals surface area contributed by atoms with Crippen molar-refractivity contribution in [3.05, 3.63) is 56.7 Å². The third-order valence-electron chi connectivity index (χ3n) is 6.27. The van der Waals surface area contributed by atoms with Crippen molar-refractivity contribution < 1.29 is 14.3 Å². The summed E-state index contributed by atoms with van der Waals surface area (Å²) in [5.41, 5.74) is 1.97. The molecule has 1 unspecified atom stereocenters. The van der Waals surface area contributed by atoms with Gasteiger partial charge < -0.3 is 4.74 Å². The van der Waals surface area contributed by atoms with Gasteiger partial charge in [-0.15, -0.1) is 11.3 Å². The van der Waals surface area contributed by atoms with Crippen molar-refractivity contribution >= 4 is 45.1 Å². The predicted molar refractivity (Wildman–Crippen MR) is 134 cm³/mol. The first-order valence-electron chi connectivity index (χ1n) is 11.7. The average Bonchev–Trinajstić information content (AvgIpc) is 3.48. The van der Waals surface area contributed by atoms with Crippen LogP contribution in [0.5, 0.6) is 0 Å². The second-order valence-corrected chi connectivity index (χ2v) is 10.8. The molecule has 178 valence electrons. The fourth-order valence-corrected chi connectivity index (χ4v) is 6.74. The van der Waals surface area contributed by atoms with E-state index in [1.54, 1.807) is 15.9 Å². The minimum absolute atomic E-state index is 0.00902. The maximum atomic E-state index is 13.6. The molecular weight excluding hydrogens is 470 g/mol. The summed E-state index contributed by atoms with van der Waals surface area (Å²) in [6.45, 7) is 1.14. The number of benzene rings is 1. The number of ether oxygens (including phenoxy) is 1. The van der Waals surface area contributed by atoms with Gasteiger partial charge in [0.1, 0.15) is 4.83 Å². The second kappa shape index (κ2) is 10.4. The minimum atomic E-state index is -0.394. The zero-order chi connectivity index (χ0) is 23.5. The lowest BCUT2D eigenvalue weighted by Crippen LogP contribution is -2.33. The van der Waals surface area contributed by atoms with Crippen molar-refractivity contribution in [3.63, 3.8) is 0 Å². The fraction of sp³-hybridized carbons (Fsp3) is 0.440. The Bertz CT molecular complexity index is 1260. The Balaban J connectivity index is 1.35. The molecule has 34 heavy (non-hydrogen) atoms. The lowest BCUT2D eigenvalue weighted by atomic mass is 9.97. The smallest absolute Gasteiger partial charge is 0.263 e. The average molecular weight is 498 g/mol. The van der Waals surface area contributed by atoms with Crippen LogP contribution in [-0.4, -0.2) is 39.8 Å². The number of nitrogens with zero attached hydrogens (tertiary/aromatic N) is 2. The van der Waals surface area contributed by atoms with Crippen LogP contribution in [0.15, 0.2) is 40.3 Å². The van der Waals surface area contributed by atoms with Crippen LogP contribution >= 0.6 is 23.1 Å². The third kappa shape index (κ3) is 5.11. The van der Waals surface area contributed by atoms with Crippen LogP contribution in [0, 0.1) is 0 Å². The number of amides is 2. The van der Waals surface area contributed by atoms with E-state index in [2.05, 4.69) is 5.32 Å². The predicted octanol–water partition coefficient (Wildman–Crippen LogP) is 3.49. The number of hydrogen-bond donors (Lipinski definition) is 1. The summed E-state index contributed by atoms with van der Waals surface area (Å²) in [6, 6.07) is 9.30. The largest absolute Gasteiger partial charge is 0.376 e. The quantitative estimate of drug-likeness (QED) is 0.397. The van der Waals surface area contributed by atoms with Crippen molar-refractivity contribution in [1.82, 2.24) is 14.9 Å². The van der Waals surface area contributed by atoms with Gasteiger partial charge in [0, 0.05) is 11.5 Å². The number of imide groups is 1. The Labute approximate surface area is 205 Å². The standard InChI is InChI=1S/C25H27N3O4S2/c29-20(13-16-7-2-1-3-8-16)26-21(30)15-33-25-27-23-22(18-10-4-5-11-19(18)34-23)24(31)28(25)14-17-9-6-12-32-17/h1-3,7-8,17H,4-6,9-15H2,(H,26,29,30). The van der Waals surface area contributed by atoms with E-state index in [0.717, 1.165) is 59.9 Å². The van der Waals surface area contributed by atoms with Crippen LogP contribution in [0.1, 0.15) is 41.7 Å². The molecular formula is C25H27N3O4S2. The molecule has 1 N–H and O–H groups in total. The molecule has 2 aliphatic rings. The van der Waals surface area contributed by atoms with Crippen LogP contribution < -0.4 is 10.9 Å². The van der Waals surface area contributed by atoms with Crippen LogP contribution in [0.25, 0.3) is 10.2 Å². The molecule has 1 aromatic carbocycles. The number of carbonyl (C=O) groups is 2. The summed E-state index contributed by atoms with van der Waals surface area (Å²) >= 11 is 2.80. The molecule has 5 rings (SSSR count). The summed E-state index contributed by atoms with van der Waals surface area (Å²) in [6.07, 6.45) is 6.17. The first kappa shape index (κ1) is 23.3. The first-order chi connectivity index (χ1) is 16.6. The molecule has 1 aliphatic heterocycles. The topological polar surface area (TPSA) is 90.3 Å². The second-order valence-electron chi connectivity index (χ2n) is 8.76. The zero-order valence-electron chi connectivity index (χ0n) is 18.9. The van der Waals surface area contributed by atoms with E-state index >= 15 is 0 Å². The molecule has 0 bridgehead atoms. The van der Waals surface area contributed by atoms with Gasteiger partial charge in [-0.25, -0.2) is 4.98 Å². The summed E-state index contributed by atoms with van der Waals surface area (Å²) in [7, 11) is 0. The lowest BCUT2D eigenvalue weighted by molar-refractivity contribution is -0.128. The SMILES string of the molecule is O=C(CSc1nc2sc3c(c2c(=O)n1CC1CCCO1)CCCC3)NC(=O)Cc1ccccc1. The van der Waals surface area contributed by atoms with Gasteiger partial charge in [0.05, 0.1) is 30.2 Å². The van der Waals surface area contributed by atoms with E-state index in [0.29, 0.717) is 18.3 Å². The van der Waals surface area contributed by atoms with E-state index in [1.807, 2.05) is 30.3 Å². The monoisotopic (exact) mass is 497 g/mol. The molecule has 0 radical (unpaired) electrons. The highest BCUT2D eigenvalue weighted by atomic mass is 32.2. The lowest BCUT2D eigenvalue weighted by Gasteiger charge is -2.16. The van der Waals surface area contributed by atoms with Crippen molar-refractivity contribution in [2.45, 2.75) is 62.8 Å². The van der Waals surface area contributed by atoms with Crippen LogP contribution in [0.2, 0.25) is 0 Å². The van der Waals surface area contributed by atoms with E-state index in [4.69, 9.17) is 9.72 Å². The summed E-state index contributed by atoms with van der Waals surface area (Å²) in [4.78, 5) is 45.2. The number of thiophene rings is 1. The van der Waals surface area contributed by atoms with Crippen molar-refractivity contribution in [2.75, 3.05) is 12.4 Å². The molecule has 2 amide bonds. The number of aryl methyl sites for hydroxylation is 2. The van der Waals surface area contributed by atoms with Gasteiger partial charge >= 0.3 is 0 Å². The van der Waals surface area contributed by atoms with Crippen molar-refractivity contribution in [2.24, 2.45) is 0 Å². The highest BCUT2D eigenvalue weighted by Crippen LogP contribution is 2.35. The Morgan fingerprint density at radius 3 is 2.76 bits per heavy atom. The molecule has 0 saturated carbocycles. The van der Waals surface area contributed by atoms with Crippen LogP contribution in [-0.2, 0) is 40.1 Å². The van der Waals surface area contributed by atoms with E-state index < -0.39 is 5.91 Å². The number of fused-ring (bicyclic) bond motifs is 3. The van der Waals surface area contributed by atoms with Crippen molar-refractivity contribution in [1.29, 1.82) is 0 Å². The molecule has 9 heteroatoms. The van der Waals surface area contributed by atoms with E-state index in [1.165, 1.54) is 16.6 Å². The molecule has 1 atom stereocenters. The van der Waals surface area contributed by atoms with Crippen LogP contribution in [0.3, 0.4) is 0 Å². The van der Waals surface area contributed by atoms with Gasteiger partial charge in [0.25, 0.3) is 5.56 Å². The Morgan fingerprint density at radius 1 is 1.15 bits per heavy atom. The molecule has 1 aliphatic carbocycles. The van der Waals surface area contributed by atoms with E-state index in [-0.39, 0.29) is 29.7 Å². The normalized spacial score (nSPS) is 17.6. The molecule has 2 aromatic heterocycles. The van der Waals surface area contributed by atoms with Gasteiger partial charge in [0.15, 0.2) is 5.16 Å². The molecule has 1 saturated heterocycles. The van der Waals surface area contributed by atoms with Gasteiger partial charge in [0.2, 0.25) is 11.8 Å². The van der Waals surface area contributed by atoms with Gasteiger partial charge in [-0.3, -0.25) is 24.3 Å². The Morgan fingerprint density at radius 2 is 1.97 bits per heavy atom. The third-order valence-corrected chi connectivity index (χ3v) is 8.43. The Hall–Kier alpha value is -2.49. The number of nitrogens with one attached hydrogen (secondary N) is 1. The highest BCUT2D eigenvalue weighted by Gasteiger charge is 2.25. The number of aromatic nitrogens is 2. The molecule has 0 spiro atoms. The minimum Gasteiger partial charge on any atom is -0.376 e. The number of thioether (sulfide) groups is 1. The number of carbonyl (C=O) groups excluding carboxylic acids is 2. The summed E-state index contributed by atoms with van der Waals surface area (Å²) < 4.78 is 7.47. The molecule has 7 nitrogen and oxygen atoms in total.